The molecule has 1 heterocycles. The lowest BCUT2D eigenvalue weighted by atomic mass is 10.2. The van der Waals surface area contributed by atoms with Gasteiger partial charge in [0.25, 0.3) is 0 Å². The number of fused-ring (bicyclic) bond motifs is 1. The van der Waals surface area contributed by atoms with E-state index in [-0.39, 0.29) is 23.3 Å². The molecule has 1 atom stereocenters. The number of hydrogen-bond donors (Lipinski definition) is 0. The zero-order valence-electron chi connectivity index (χ0n) is 17.0. The van der Waals surface area contributed by atoms with E-state index in [2.05, 4.69) is 11.1 Å². The number of hydrogen-bond acceptors (Lipinski definition) is 5. The zero-order valence-corrected chi connectivity index (χ0v) is 17.8. The van der Waals surface area contributed by atoms with Gasteiger partial charge in [-0.3, -0.25) is 4.79 Å². The summed E-state index contributed by atoms with van der Waals surface area (Å²) in [6.45, 7) is 4.49. The average molecular weight is 406 g/mol. The zero-order chi connectivity index (χ0) is 21.1. The van der Waals surface area contributed by atoms with Crippen molar-refractivity contribution in [3.05, 3.63) is 24.0 Å². The van der Waals surface area contributed by atoms with Gasteiger partial charge in [0.2, 0.25) is 15.9 Å². The Morgan fingerprint density at radius 2 is 2.00 bits per heavy atom. The van der Waals surface area contributed by atoms with E-state index in [0.29, 0.717) is 24.9 Å². The Hall–Kier alpha value is -2.44. The van der Waals surface area contributed by atoms with E-state index in [0.717, 1.165) is 11.3 Å². The van der Waals surface area contributed by atoms with Crippen LogP contribution in [0.2, 0.25) is 0 Å². The van der Waals surface area contributed by atoms with Crippen LogP contribution in [0.4, 0.5) is 0 Å². The minimum atomic E-state index is -3.53. The summed E-state index contributed by atoms with van der Waals surface area (Å²) in [5.74, 6) is 0.694. The van der Waals surface area contributed by atoms with Gasteiger partial charge in [-0.05, 0) is 32.0 Å². The molecule has 1 amide bonds. The van der Waals surface area contributed by atoms with Gasteiger partial charge in [0.05, 0.1) is 28.4 Å². The smallest absolute Gasteiger partial charge is 0.242 e. The third-order valence-electron chi connectivity index (χ3n) is 4.90. The van der Waals surface area contributed by atoms with Crippen LogP contribution in [0.15, 0.2) is 23.1 Å². The predicted octanol–water partition coefficient (Wildman–Crippen LogP) is 2.00. The summed E-state index contributed by atoms with van der Waals surface area (Å²) in [6, 6.07) is 6.85. The summed E-state index contributed by atoms with van der Waals surface area (Å²) in [6.07, 6.45) is 1.01. The summed E-state index contributed by atoms with van der Waals surface area (Å²) in [5.41, 5.74) is 1.44. The largest absolute Gasteiger partial charge is 0.342 e. The third-order valence-corrected chi connectivity index (χ3v) is 6.71. The van der Waals surface area contributed by atoms with Crippen molar-refractivity contribution in [3.8, 4) is 6.07 Å². The lowest BCUT2D eigenvalue weighted by molar-refractivity contribution is -0.131. The highest BCUT2D eigenvalue weighted by atomic mass is 32.2. The van der Waals surface area contributed by atoms with Crippen molar-refractivity contribution in [2.75, 3.05) is 21.1 Å². The van der Waals surface area contributed by atoms with Crippen LogP contribution in [0.3, 0.4) is 0 Å². The summed E-state index contributed by atoms with van der Waals surface area (Å²) < 4.78 is 27.9. The fraction of sp³-hybridized carbons (Fsp3) is 0.526. The molecule has 0 radical (unpaired) electrons. The van der Waals surface area contributed by atoms with Gasteiger partial charge >= 0.3 is 0 Å². The summed E-state index contributed by atoms with van der Waals surface area (Å²) >= 11 is 0. The summed E-state index contributed by atoms with van der Waals surface area (Å²) in [4.78, 5) is 18.8. The van der Waals surface area contributed by atoms with Gasteiger partial charge < -0.3 is 9.47 Å². The number of nitriles is 1. The van der Waals surface area contributed by atoms with Gasteiger partial charge in [-0.15, -0.1) is 0 Å². The van der Waals surface area contributed by atoms with Crippen molar-refractivity contribution in [1.29, 1.82) is 5.26 Å². The number of aryl methyl sites for hydroxylation is 2. The first kappa shape index (κ1) is 21.9. The predicted molar refractivity (Wildman–Crippen MR) is 107 cm³/mol. The van der Waals surface area contributed by atoms with Gasteiger partial charge in [-0.2, -0.15) is 5.26 Å². The van der Waals surface area contributed by atoms with Crippen LogP contribution >= 0.6 is 0 Å². The number of rotatable bonds is 8. The molecule has 1 aromatic heterocycles. The highest BCUT2D eigenvalue weighted by molar-refractivity contribution is 7.89. The molecule has 0 aliphatic rings. The number of aromatic nitrogens is 2. The minimum absolute atomic E-state index is 0.0478. The van der Waals surface area contributed by atoms with Gasteiger partial charge in [-0.25, -0.2) is 17.7 Å². The van der Waals surface area contributed by atoms with Crippen molar-refractivity contribution in [3.63, 3.8) is 0 Å². The van der Waals surface area contributed by atoms with Crippen molar-refractivity contribution < 1.29 is 13.2 Å². The third kappa shape index (κ3) is 4.34. The topological polar surface area (TPSA) is 99.3 Å². The molecule has 28 heavy (non-hydrogen) atoms. The molecule has 1 aromatic carbocycles. The van der Waals surface area contributed by atoms with E-state index >= 15 is 0 Å². The van der Waals surface area contributed by atoms with E-state index in [9.17, 15) is 13.2 Å². The van der Waals surface area contributed by atoms with Crippen LogP contribution in [-0.4, -0.2) is 60.3 Å². The molecule has 1 unspecified atom stereocenters. The molecule has 0 spiro atoms. The molecular weight excluding hydrogens is 378 g/mol. The molecule has 0 fully saturated rings. The molecule has 152 valence electrons. The number of benzene rings is 1. The number of amides is 1. The molecule has 0 aliphatic carbocycles. The molecule has 0 saturated carbocycles. The van der Waals surface area contributed by atoms with Crippen LogP contribution in [0.1, 0.15) is 32.5 Å². The highest BCUT2D eigenvalue weighted by Crippen LogP contribution is 2.23. The first-order valence-corrected chi connectivity index (χ1v) is 10.6. The lowest BCUT2D eigenvalue weighted by Gasteiger charge is -2.22. The Morgan fingerprint density at radius 1 is 1.32 bits per heavy atom. The van der Waals surface area contributed by atoms with Crippen LogP contribution in [0.25, 0.3) is 11.0 Å². The Morgan fingerprint density at radius 3 is 2.57 bits per heavy atom. The second kappa shape index (κ2) is 8.71. The average Bonchev–Trinajstić information content (AvgIpc) is 3.01. The fourth-order valence-corrected chi connectivity index (χ4v) is 3.91. The Bertz CT molecular complexity index is 1000. The molecule has 8 nitrogen and oxygen atoms in total. The SMILES string of the molecule is CCn1c(CCC(=O)N(C)C(C)CC#N)nc2cc(S(=O)(=O)N(C)C)ccc21. The molecule has 0 saturated heterocycles. The summed E-state index contributed by atoms with van der Waals surface area (Å²) in [7, 11) is 1.15. The molecule has 9 heteroatoms. The molecule has 2 rings (SSSR count). The van der Waals surface area contributed by atoms with Crippen molar-refractivity contribution >= 4 is 27.0 Å². The van der Waals surface area contributed by atoms with E-state index in [1.807, 2.05) is 18.4 Å². The first-order chi connectivity index (χ1) is 13.1. The quantitative estimate of drug-likeness (QED) is 0.669. The van der Waals surface area contributed by atoms with E-state index in [1.54, 1.807) is 30.1 Å². The van der Waals surface area contributed by atoms with Crippen molar-refractivity contribution in [1.82, 2.24) is 18.8 Å². The normalized spacial score (nSPS) is 12.9. The maximum absolute atomic E-state index is 12.4. The Kier molecular flexibility index (Phi) is 6.80. The van der Waals surface area contributed by atoms with Crippen LogP contribution in [0.5, 0.6) is 0 Å². The Balaban J connectivity index is 2.28. The highest BCUT2D eigenvalue weighted by Gasteiger charge is 2.20. The second-order valence-corrected chi connectivity index (χ2v) is 9.08. The van der Waals surface area contributed by atoms with Crippen molar-refractivity contribution in [2.24, 2.45) is 0 Å². The monoisotopic (exact) mass is 405 g/mol. The van der Waals surface area contributed by atoms with Crippen LogP contribution in [0, 0.1) is 11.3 Å². The maximum Gasteiger partial charge on any atom is 0.242 e. The fourth-order valence-electron chi connectivity index (χ4n) is 2.98. The first-order valence-electron chi connectivity index (χ1n) is 9.17. The van der Waals surface area contributed by atoms with Gasteiger partial charge in [0, 0.05) is 46.6 Å². The number of nitrogens with zero attached hydrogens (tertiary/aromatic N) is 5. The molecule has 0 bridgehead atoms. The summed E-state index contributed by atoms with van der Waals surface area (Å²) in [5, 5.41) is 8.79. The minimum Gasteiger partial charge on any atom is -0.342 e. The Labute approximate surface area is 166 Å². The number of carbonyl (C=O) groups is 1. The number of carbonyl (C=O) groups excluding carboxylic acids is 1. The van der Waals surface area contributed by atoms with E-state index in [4.69, 9.17) is 5.26 Å². The van der Waals surface area contributed by atoms with Gasteiger partial charge in [0.15, 0.2) is 0 Å². The molecule has 0 aliphatic heterocycles. The lowest BCUT2D eigenvalue weighted by Crippen LogP contribution is -2.35. The molecular formula is C19H27N5O3S. The second-order valence-electron chi connectivity index (χ2n) is 6.93. The van der Waals surface area contributed by atoms with Crippen LogP contribution < -0.4 is 0 Å². The number of imidazole rings is 1. The standard InChI is InChI=1S/C19H27N5O3S/c1-6-24-17-8-7-15(28(26,27)22(3)4)13-16(17)21-18(24)9-10-19(25)23(5)14(2)11-12-20/h7-8,13-14H,6,9-11H2,1-5H3. The van der Waals surface area contributed by atoms with Crippen molar-refractivity contribution in [2.45, 2.75) is 50.6 Å². The van der Waals surface area contributed by atoms with Crippen LogP contribution in [-0.2, 0) is 27.8 Å². The van der Waals surface area contributed by atoms with E-state index in [1.165, 1.54) is 18.4 Å². The molecule has 2 aromatic rings. The number of sulfonamides is 1. The maximum atomic E-state index is 12.4. The van der Waals surface area contributed by atoms with Gasteiger partial charge in [-0.1, -0.05) is 0 Å². The van der Waals surface area contributed by atoms with E-state index < -0.39 is 10.0 Å². The molecule has 0 N–H and O–H groups in total. The van der Waals surface area contributed by atoms with Gasteiger partial charge in [0.1, 0.15) is 5.82 Å².